The minimum atomic E-state index is 0.485. The van der Waals surface area contributed by atoms with Gasteiger partial charge in [0, 0.05) is 29.5 Å². The van der Waals surface area contributed by atoms with Gasteiger partial charge in [-0.05, 0) is 35.9 Å². The third-order valence-corrected chi connectivity index (χ3v) is 3.99. The fourth-order valence-corrected chi connectivity index (χ4v) is 2.74. The fraction of sp³-hybridized carbons (Fsp3) is 0.176. The molecule has 0 aliphatic heterocycles. The molecular formula is C17H17ClN2O. The van der Waals surface area contributed by atoms with Gasteiger partial charge in [0.15, 0.2) is 0 Å². The standard InChI is InChI=1S/C17H17ClN2O/c1-20-16-5-3-2-4-14(16)15(10-19)17(20)11-21-13-8-6-12(18)7-9-13/h2-9H,10-11,19H2,1H3. The van der Waals surface area contributed by atoms with Crippen LogP contribution >= 0.6 is 11.6 Å². The van der Waals surface area contributed by atoms with E-state index in [0.29, 0.717) is 18.2 Å². The Morgan fingerprint density at radius 3 is 2.52 bits per heavy atom. The lowest BCUT2D eigenvalue weighted by molar-refractivity contribution is 0.296. The molecule has 0 aliphatic rings. The van der Waals surface area contributed by atoms with Crippen molar-refractivity contribution in [1.29, 1.82) is 0 Å². The summed E-state index contributed by atoms with van der Waals surface area (Å²) >= 11 is 5.88. The van der Waals surface area contributed by atoms with Crippen LogP contribution in [0, 0.1) is 0 Å². The highest BCUT2D eigenvalue weighted by Crippen LogP contribution is 2.26. The lowest BCUT2D eigenvalue weighted by atomic mass is 10.1. The van der Waals surface area contributed by atoms with Crippen LogP contribution in [0.1, 0.15) is 11.3 Å². The molecule has 3 aromatic rings. The first-order valence-electron chi connectivity index (χ1n) is 6.84. The number of nitrogens with two attached hydrogens (primary N) is 1. The second-order valence-electron chi connectivity index (χ2n) is 4.95. The van der Waals surface area contributed by atoms with Crippen LogP contribution in [0.4, 0.5) is 0 Å². The summed E-state index contributed by atoms with van der Waals surface area (Å²) in [4.78, 5) is 0. The van der Waals surface area contributed by atoms with E-state index in [2.05, 4.69) is 16.7 Å². The Balaban J connectivity index is 1.93. The summed E-state index contributed by atoms with van der Waals surface area (Å²) < 4.78 is 8.01. The molecule has 0 radical (unpaired) electrons. The molecule has 1 heterocycles. The predicted molar refractivity (Wildman–Crippen MR) is 86.6 cm³/mol. The predicted octanol–water partition coefficient (Wildman–Crippen LogP) is 3.87. The van der Waals surface area contributed by atoms with Crippen molar-refractivity contribution in [2.45, 2.75) is 13.2 Å². The monoisotopic (exact) mass is 300 g/mol. The molecule has 21 heavy (non-hydrogen) atoms. The molecule has 4 heteroatoms. The van der Waals surface area contributed by atoms with Crippen LogP contribution in [0.15, 0.2) is 48.5 Å². The molecule has 0 amide bonds. The lowest BCUT2D eigenvalue weighted by Gasteiger charge is -2.09. The molecule has 108 valence electrons. The molecule has 3 nitrogen and oxygen atoms in total. The van der Waals surface area contributed by atoms with Crippen LogP contribution in [-0.4, -0.2) is 4.57 Å². The van der Waals surface area contributed by atoms with Gasteiger partial charge in [0.2, 0.25) is 0 Å². The maximum absolute atomic E-state index is 5.93. The third-order valence-electron chi connectivity index (χ3n) is 3.74. The number of benzene rings is 2. The highest BCUT2D eigenvalue weighted by molar-refractivity contribution is 6.30. The zero-order chi connectivity index (χ0) is 14.8. The molecule has 1 aromatic heterocycles. The van der Waals surface area contributed by atoms with Crippen LogP contribution in [-0.2, 0) is 20.2 Å². The molecule has 0 atom stereocenters. The van der Waals surface area contributed by atoms with Gasteiger partial charge in [-0.1, -0.05) is 29.8 Å². The van der Waals surface area contributed by atoms with Crippen molar-refractivity contribution < 1.29 is 4.74 Å². The smallest absolute Gasteiger partial charge is 0.129 e. The Hall–Kier alpha value is -1.97. The molecule has 0 saturated carbocycles. The van der Waals surface area contributed by atoms with Gasteiger partial charge in [0.25, 0.3) is 0 Å². The van der Waals surface area contributed by atoms with Gasteiger partial charge in [0.05, 0.1) is 5.69 Å². The highest BCUT2D eigenvalue weighted by Gasteiger charge is 2.13. The molecule has 3 rings (SSSR count). The molecule has 0 saturated heterocycles. The molecule has 0 fully saturated rings. The third kappa shape index (κ3) is 2.62. The first-order chi connectivity index (χ1) is 10.2. The first-order valence-corrected chi connectivity index (χ1v) is 7.22. The van der Waals surface area contributed by atoms with Crippen LogP contribution in [0.25, 0.3) is 10.9 Å². The average Bonchev–Trinajstić information content (AvgIpc) is 2.79. The number of hydrogen-bond acceptors (Lipinski definition) is 2. The molecule has 2 N–H and O–H groups in total. The van der Waals surface area contributed by atoms with Crippen molar-refractivity contribution >= 4 is 22.5 Å². The summed E-state index contributed by atoms with van der Waals surface area (Å²) in [6, 6.07) is 15.6. The highest BCUT2D eigenvalue weighted by atomic mass is 35.5. The number of halogens is 1. The van der Waals surface area contributed by atoms with E-state index in [0.717, 1.165) is 17.0 Å². The first kappa shape index (κ1) is 14.0. The van der Waals surface area contributed by atoms with Crippen LogP contribution < -0.4 is 10.5 Å². The van der Waals surface area contributed by atoms with Gasteiger partial charge < -0.3 is 15.0 Å². The van der Waals surface area contributed by atoms with Gasteiger partial charge >= 0.3 is 0 Å². The summed E-state index contributed by atoms with van der Waals surface area (Å²) in [6.45, 7) is 0.986. The van der Waals surface area contributed by atoms with E-state index >= 15 is 0 Å². The quantitative estimate of drug-likeness (QED) is 0.794. The van der Waals surface area contributed by atoms with Gasteiger partial charge in [-0.25, -0.2) is 0 Å². The average molecular weight is 301 g/mol. The van der Waals surface area contributed by atoms with Gasteiger partial charge in [0.1, 0.15) is 12.4 Å². The minimum absolute atomic E-state index is 0.485. The topological polar surface area (TPSA) is 40.2 Å². The Kier molecular flexibility index (Phi) is 3.86. The lowest BCUT2D eigenvalue weighted by Crippen LogP contribution is -2.07. The summed E-state index contributed by atoms with van der Waals surface area (Å²) in [5.41, 5.74) is 9.35. The van der Waals surface area contributed by atoms with Gasteiger partial charge in [-0.2, -0.15) is 0 Å². The second-order valence-corrected chi connectivity index (χ2v) is 5.38. The van der Waals surface area contributed by atoms with Crippen LogP contribution in [0.5, 0.6) is 5.75 Å². The molecule has 0 bridgehead atoms. The summed E-state index contributed by atoms with van der Waals surface area (Å²) in [6.07, 6.45) is 0. The summed E-state index contributed by atoms with van der Waals surface area (Å²) in [5.74, 6) is 0.799. The van der Waals surface area contributed by atoms with E-state index in [-0.39, 0.29) is 0 Å². The molecule has 0 spiro atoms. The van der Waals surface area contributed by atoms with Crippen molar-refractivity contribution in [3.8, 4) is 5.75 Å². The van der Waals surface area contributed by atoms with E-state index in [4.69, 9.17) is 22.1 Å². The fourth-order valence-electron chi connectivity index (χ4n) is 2.62. The summed E-state index contributed by atoms with van der Waals surface area (Å²) in [5, 5.41) is 1.90. The van der Waals surface area contributed by atoms with Crippen molar-refractivity contribution in [1.82, 2.24) is 4.57 Å². The maximum atomic E-state index is 5.93. The second kappa shape index (κ2) is 5.80. The SMILES string of the molecule is Cn1c(COc2ccc(Cl)cc2)c(CN)c2ccccc21. The number of nitrogens with zero attached hydrogens (tertiary/aromatic N) is 1. The minimum Gasteiger partial charge on any atom is -0.487 e. The summed E-state index contributed by atoms with van der Waals surface area (Å²) in [7, 11) is 2.04. The number of aryl methyl sites for hydroxylation is 1. The van der Waals surface area contributed by atoms with E-state index < -0.39 is 0 Å². The van der Waals surface area contributed by atoms with Crippen molar-refractivity contribution in [2.24, 2.45) is 12.8 Å². The van der Waals surface area contributed by atoms with E-state index in [1.165, 1.54) is 10.9 Å². The van der Waals surface area contributed by atoms with E-state index in [9.17, 15) is 0 Å². The number of hydrogen-bond donors (Lipinski definition) is 1. The number of aromatic nitrogens is 1. The zero-order valence-corrected chi connectivity index (χ0v) is 12.6. The molecule has 0 unspecified atom stereocenters. The molecular weight excluding hydrogens is 284 g/mol. The van der Waals surface area contributed by atoms with E-state index in [1.807, 2.05) is 43.4 Å². The number of rotatable bonds is 4. The number of ether oxygens (including phenoxy) is 1. The van der Waals surface area contributed by atoms with Crippen molar-refractivity contribution in [2.75, 3.05) is 0 Å². The zero-order valence-electron chi connectivity index (χ0n) is 11.8. The van der Waals surface area contributed by atoms with Crippen molar-refractivity contribution in [3.05, 3.63) is 64.8 Å². The Morgan fingerprint density at radius 1 is 1.10 bits per heavy atom. The maximum Gasteiger partial charge on any atom is 0.129 e. The molecule has 0 aliphatic carbocycles. The van der Waals surface area contributed by atoms with Crippen LogP contribution in [0.3, 0.4) is 0 Å². The van der Waals surface area contributed by atoms with Gasteiger partial charge in [-0.3, -0.25) is 0 Å². The number of fused-ring (bicyclic) bond motifs is 1. The normalized spacial score (nSPS) is 11.0. The number of para-hydroxylation sites is 1. The van der Waals surface area contributed by atoms with Crippen molar-refractivity contribution in [3.63, 3.8) is 0 Å². The Labute approximate surface area is 128 Å². The van der Waals surface area contributed by atoms with Crippen LogP contribution in [0.2, 0.25) is 5.02 Å². The van der Waals surface area contributed by atoms with Gasteiger partial charge in [-0.15, -0.1) is 0 Å². The Morgan fingerprint density at radius 2 is 1.81 bits per heavy atom. The molecule has 2 aromatic carbocycles. The van der Waals surface area contributed by atoms with E-state index in [1.54, 1.807) is 0 Å². The Bertz CT molecular complexity index is 762. The largest absolute Gasteiger partial charge is 0.487 e.